The van der Waals surface area contributed by atoms with E-state index in [0.717, 1.165) is 48.6 Å². The van der Waals surface area contributed by atoms with E-state index in [2.05, 4.69) is 83.1 Å². The number of phenols is 2. The summed E-state index contributed by atoms with van der Waals surface area (Å²) >= 11 is 0. The lowest BCUT2D eigenvalue weighted by atomic mass is 9.79. The van der Waals surface area contributed by atoms with E-state index in [1.165, 1.54) is 55.2 Å². The van der Waals surface area contributed by atoms with Crippen molar-refractivity contribution in [3.05, 3.63) is 62.0 Å². The van der Waals surface area contributed by atoms with E-state index in [1.807, 2.05) is 33.8 Å². The Kier molecular flexibility index (Phi) is 14.5. The number of unbranched alkanes of at least 4 members (excludes halogenated alkanes) is 2. The van der Waals surface area contributed by atoms with E-state index in [0.29, 0.717) is 27.8 Å². The van der Waals surface area contributed by atoms with E-state index < -0.39 is 11.3 Å². The first-order valence-corrected chi connectivity index (χ1v) is 19.4. The first-order chi connectivity index (χ1) is 23.5. The van der Waals surface area contributed by atoms with E-state index in [-0.39, 0.29) is 22.8 Å². The van der Waals surface area contributed by atoms with Gasteiger partial charge in [-0.05, 0) is 86.4 Å². The van der Waals surface area contributed by atoms with Gasteiger partial charge in [0.2, 0.25) is 0 Å². The highest BCUT2D eigenvalue weighted by Crippen LogP contribution is 2.38. The Labute approximate surface area is 303 Å². The fraction of sp³-hybridized carbons (Fsp3) is 0.578. The molecule has 0 aliphatic rings. The minimum Gasteiger partial charge on any atom is -0.507 e. The number of phenolic OH excluding ortho intramolecular Hbond substituents is 2. The molecule has 0 amide bonds. The molecule has 2 aromatic carbocycles. The Bertz CT molecular complexity index is 1680. The van der Waals surface area contributed by atoms with E-state index >= 15 is 0 Å². The fourth-order valence-electron chi connectivity index (χ4n) is 7.70. The first kappa shape index (κ1) is 41.0. The summed E-state index contributed by atoms with van der Waals surface area (Å²) in [4.78, 5) is 20.0. The maximum Gasteiger partial charge on any atom is 0.145 e. The number of benzene rings is 2. The molecule has 0 radical (unpaired) electrons. The Hall–Kier alpha value is -3.47. The number of anilines is 1. The quantitative estimate of drug-likeness (QED) is 0.132. The van der Waals surface area contributed by atoms with Crippen molar-refractivity contribution in [1.29, 1.82) is 0 Å². The second kappa shape index (κ2) is 17.6. The number of Topliss-reactive ketones (excluding diaryl/α,β-unsaturated/α-hetero) is 1. The third-order valence-electron chi connectivity index (χ3n) is 10.9. The third kappa shape index (κ3) is 9.44. The zero-order valence-corrected chi connectivity index (χ0v) is 33.6. The van der Waals surface area contributed by atoms with Crippen LogP contribution in [0.5, 0.6) is 11.5 Å². The standard InChI is InChI=1S/C45H68N2O3/c1-14-18-20-34(16-3)26-47(27-35(17-4)21-19-15-2)38-25-36(41(46-38)39-29(6)22-28(5)23-30(39)7)24-37-31(8)32(9)42(48)40(43(37)49)33(10)44(50)45(11,12)13/h22-25,33-35,46,48-49H,8,14-21,26-27H2,1-7,9-13H3/b37-24-. The molecule has 5 nitrogen and oxygen atoms in total. The van der Waals surface area contributed by atoms with Crippen LogP contribution in [0, 0.1) is 44.9 Å². The van der Waals surface area contributed by atoms with Gasteiger partial charge in [-0.3, -0.25) is 4.79 Å². The van der Waals surface area contributed by atoms with Crippen molar-refractivity contribution in [2.75, 3.05) is 18.0 Å². The molecule has 0 aliphatic carbocycles. The predicted octanol–water partition coefficient (Wildman–Crippen LogP) is 10.5. The SMILES string of the molecule is C=c1c(C)c(O)c(C(C)C(=O)C(C)(C)C)c(O)/c1=C\c1cc(N(CC(CC)CCCC)CC(CC)CCCC)[nH]c1-c1c(C)cc(C)cc1C. The Morgan fingerprint density at radius 3 is 1.86 bits per heavy atom. The van der Waals surface area contributed by atoms with Crippen molar-refractivity contribution < 1.29 is 15.0 Å². The molecule has 0 aliphatic heterocycles. The lowest BCUT2D eigenvalue weighted by molar-refractivity contribution is -0.127. The number of hydrogen-bond acceptors (Lipinski definition) is 4. The maximum absolute atomic E-state index is 13.5. The second-order valence-electron chi connectivity index (χ2n) is 16.1. The number of hydrogen-bond donors (Lipinski definition) is 3. The van der Waals surface area contributed by atoms with E-state index in [1.54, 1.807) is 6.92 Å². The molecular weight excluding hydrogens is 617 g/mol. The number of ketones is 1. The molecule has 3 aromatic rings. The number of aromatic amines is 1. The van der Waals surface area contributed by atoms with Gasteiger partial charge in [-0.2, -0.15) is 0 Å². The summed E-state index contributed by atoms with van der Waals surface area (Å²) in [5.74, 6) is 1.41. The predicted molar refractivity (Wildman–Crippen MR) is 215 cm³/mol. The van der Waals surface area contributed by atoms with Crippen LogP contribution in [0.2, 0.25) is 0 Å². The zero-order chi connectivity index (χ0) is 37.5. The summed E-state index contributed by atoms with van der Waals surface area (Å²) in [6.07, 6.45) is 11.6. The molecule has 0 saturated heterocycles. The molecule has 1 heterocycles. The number of carbonyl (C=O) groups is 1. The molecule has 0 saturated carbocycles. The normalized spacial score (nSPS) is 14.2. The summed E-state index contributed by atoms with van der Waals surface area (Å²) < 4.78 is 0. The minimum absolute atomic E-state index is 0.0430. The van der Waals surface area contributed by atoms with Crippen LogP contribution in [0.15, 0.2) is 18.2 Å². The number of aromatic hydroxyl groups is 2. The van der Waals surface area contributed by atoms with Gasteiger partial charge in [0, 0.05) is 46.3 Å². The molecule has 3 rings (SSSR count). The van der Waals surface area contributed by atoms with Crippen LogP contribution in [0.4, 0.5) is 5.82 Å². The zero-order valence-electron chi connectivity index (χ0n) is 33.6. The Morgan fingerprint density at radius 2 is 1.40 bits per heavy atom. The van der Waals surface area contributed by atoms with Gasteiger partial charge in [0.05, 0.1) is 5.69 Å². The molecule has 3 atom stereocenters. The molecule has 0 fully saturated rings. The van der Waals surface area contributed by atoms with Crippen molar-refractivity contribution in [3.8, 4) is 22.8 Å². The number of rotatable bonds is 17. The van der Waals surface area contributed by atoms with Gasteiger partial charge in [0.25, 0.3) is 0 Å². The summed E-state index contributed by atoms with van der Waals surface area (Å²) in [7, 11) is 0. The molecule has 3 N–H and O–H groups in total. The summed E-state index contributed by atoms with van der Waals surface area (Å²) in [5, 5.41) is 24.3. The van der Waals surface area contributed by atoms with Crippen molar-refractivity contribution in [1.82, 2.24) is 4.98 Å². The monoisotopic (exact) mass is 685 g/mol. The summed E-state index contributed by atoms with van der Waals surface area (Å²) in [5.41, 5.74) is 6.92. The van der Waals surface area contributed by atoms with Gasteiger partial charge < -0.3 is 20.1 Å². The topological polar surface area (TPSA) is 76.6 Å². The fourth-order valence-corrected chi connectivity index (χ4v) is 7.70. The Morgan fingerprint density at radius 1 is 0.880 bits per heavy atom. The van der Waals surface area contributed by atoms with Gasteiger partial charge in [-0.25, -0.2) is 0 Å². The molecule has 0 bridgehead atoms. The Balaban J connectivity index is 2.39. The van der Waals surface area contributed by atoms with Crippen molar-refractivity contribution in [3.63, 3.8) is 0 Å². The van der Waals surface area contributed by atoms with Crippen LogP contribution in [0.25, 0.3) is 23.9 Å². The minimum atomic E-state index is -0.692. The van der Waals surface area contributed by atoms with Crippen LogP contribution in [0.3, 0.4) is 0 Å². The second-order valence-corrected chi connectivity index (χ2v) is 16.1. The van der Waals surface area contributed by atoms with Crippen LogP contribution in [-0.4, -0.2) is 34.1 Å². The van der Waals surface area contributed by atoms with Gasteiger partial charge >= 0.3 is 0 Å². The highest BCUT2D eigenvalue weighted by molar-refractivity contribution is 5.91. The van der Waals surface area contributed by atoms with Crippen LogP contribution in [-0.2, 0) is 4.79 Å². The van der Waals surface area contributed by atoms with Gasteiger partial charge in [0.1, 0.15) is 23.1 Å². The van der Waals surface area contributed by atoms with E-state index in [4.69, 9.17) is 0 Å². The molecule has 276 valence electrons. The lowest BCUT2D eigenvalue weighted by Gasteiger charge is -2.31. The molecular formula is C45H68N2O3. The van der Waals surface area contributed by atoms with Crippen molar-refractivity contribution >= 4 is 24.3 Å². The number of aryl methyl sites for hydroxylation is 3. The first-order valence-electron chi connectivity index (χ1n) is 19.4. The number of nitrogens with one attached hydrogen (secondary N) is 1. The van der Waals surface area contributed by atoms with Crippen molar-refractivity contribution in [2.24, 2.45) is 17.3 Å². The summed E-state index contributed by atoms with van der Waals surface area (Å²) in [6.45, 7) is 31.2. The molecule has 3 unspecified atom stereocenters. The average molecular weight is 685 g/mol. The molecule has 0 spiro atoms. The molecule has 5 heteroatoms. The largest absolute Gasteiger partial charge is 0.507 e. The highest BCUT2D eigenvalue weighted by Gasteiger charge is 2.32. The van der Waals surface area contributed by atoms with Crippen LogP contribution in [0.1, 0.15) is 146 Å². The summed E-state index contributed by atoms with van der Waals surface area (Å²) in [6, 6.07) is 6.71. The third-order valence-corrected chi connectivity index (χ3v) is 10.9. The number of nitrogens with zero attached hydrogens (tertiary/aromatic N) is 1. The van der Waals surface area contributed by atoms with E-state index in [9.17, 15) is 15.0 Å². The van der Waals surface area contributed by atoms with Gasteiger partial charge in [-0.15, -0.1) is 0 Å². The van der Waals surface area contributed by atoms with Crippen LogP contribution >= 0.6 is 0 Å². The molecule has 1 aromatic heterocycles. The highest BCUT2D eigenvalue weighted by atomic mass is 16.3. The smallest absolute Gasteiger partial charge is 0.145 e. The molecule has 50 heavy (non-hydrogen) atoms. The lowest BCUT2D eigenvalue weighted by Crippen LogP contribution is -2.34. The van der Waals surface area contributed by atoms with Crippen molar-refractivity contribution in [2.45, 2.75) is 140 Å². The number of carbonyl (C=O) groups excluding carboxylic acids is 1. The number of aromatic nitrogens is 1. The number of H-pyrrole nitrogens is 1. The van der Waals surface area contributed by atoms with Gasteiger partial charge in [-0.1, -0.05) is 118 Å². The van der Waals surface area contributed by atoms with Crippen LogP contribution < -0.4 is 15.3 Å². The van der Waals surface area contributed by atoms with Gasteiger partial charge in [0.15, 0.2) is 0 Å². The maximum atomic E-state index is 13.5. The average Bonchev–Trinajstić information content (AvgIpc) is 3.46.